The Bertz CT molecular complexity index is 1010. The van der Waals surface area contributed by atoms with E-state index in [1.807, 2.05) is 0 Å². The molecule has 7 nitrogen and oxygen atoms in total. The van der Waals surface area contributed by atoms with Crippen molar-refractivity contribution in [1.29, 1.82) is 0 Å². The van der Waals surface area contributed by atoms with E-state index in [9.17, 15) is 4.39 Å². The third kappa shape index (κ3) is 1.70. The predicted octanol–water partition coefficient (Wildman–Crippen LogP) is 2.00. The van der Waals surface area contributed by atoms with Crippen molar-refractivity contribution in [3.05, 3.63) is 36.4 Å². The lowest BCUT2D eigenvalue weighted by Crippen LogP contribution is -2.04. The molecular formula is C14H11FN6O. The number of nitrogens with zero attached hydrogens (tertiary/aromatic N) is 4. The lowest BCUT2D eigenvalue weighted by molar-refractivity contribution is 0.387. The molecule has 4 aromatic heterocycles. The fourth-order valence-electron chi connectivity index (χ4n) is 2.43. The average molecular weight is 298 g/mol. The molecule has 110 valence electrons. The molecule has 0 amide bonds. The molecule has 0 radical (unpaired) electrons. The summed E-state index contributed by atoms with van der Waals surface area (Å²) in [5.41, 5.74) is 7.79. The van der Waals surface area contributed by atoms with Gasteiger partial charge in [0.05, 0.1) is 13.3 Å². The van der Waals surface area contributed by atoms with Crippen molar-refractivity contribution in [1.82, 2.24) is 24.6 Å². The molecule has 0 aromatic carbocycles. The lowest BCUT2D eigenvalue weighted by atomic mass is 10.2. The highest BCUT2D eigenvalue weighted by molar-refractivity contribution is 5.91. The molecule has 0 aliphatic rings. The number of anilines is 1. The van der Waals surface area contributed by atoms with Gasteiger partial charge in [-0.2, -0.15) is 4.52 Å². The van der Waals surface area contributed by atoms with Gasteiger partial charge < -0.3 is 15.5 Å². The molecule has 4 heterocycles. The molecular weight excluding hydrogens is 287 g/mol. The molecule has 0 atom stereocenters. The molecule has 3 N–H and O–H groups in total. The van der Waals surface area contributed by atoms with Crippen LogP contribution in [0.1, 0.15) is 0 Å². The van der Waals surface area contributed by atoms with Crippen LogP contribution in [0.5, 0.6) is 5.88 Å². The third-order valence-corrected chi connectivity index (χ3v) is 3.45. The highest BCUT2D eigenvalue weighted by atomic mass is 19.1. The van der Waals surface area contributed by atoms with Crippen molar-refractivity contribution in [2.75, 3.05) is 12.8 Å². The Morgan fingerprint density at radius 2 is 2.23 bits per heavy atom. The molecule has 4 aromatic rings. The Morgan fingerprint density at radius 3 is 3.05 bits per heavy atom. The summed E-state index contributed by atoms with van der Waals surface area (Å²) in [6.45, 7) is 0. The summed E-state index contributed by atoms with van der Waals surface area (Å²) >= 11 is 0. The van der Waals surface area contributed by atoms with E-state index in [1.54, 1.807) is 30.0 Å². The minimum atomic E-state index is -0.430. The number of aromatic amines is 1. The molecule has 0 bridgehead atoms. The zero-order valence-electron chi connectivity index (χ0n) is 11.5. The van der Waals surface area contributed by atoms with Crippen LogP contribution in [0.25, 0.3) is 27.9 Å². The molecule has 4 rings (SSSR count). The summed E-state index contributed by atoms with van der Waals surface area (Å²) in [7, 11) is 1.55. The number of hydrogen-bond donors (Lipinski definition) is 2. The fourth-order valence-corrected chi connectivity index (χ4v) is 2.43. The lowest BCUT2D eigenvalue weighted by Gasteiger charge is -2.05. The quantitative estimate of drug-likeness (QED) is 0.590. The predicted molar refractivity (Wildman–Crippen MR) is 79.0 cm³/mol. The van der Waals surface area contributed by atoms with E-state index in [0.717, 1.165) is 6.20 Å². The topological polar surface area (TPSA) is 94.1 Å². The van der Waals surface area contributed by atoms with Crippen molar-refractivity contribution in [3.63, 3.8) is 0 Å². The van der Waals surface area contributed by atoms with Gasteiger partial charge in [0, 0.05) is 23.2 Å². The molecule has 0 aliphatic carbocycles. The first-order valence-corrected chi connectivity index (χ1v) is 6.49. The van der Waals surface area contributed by atoms with Gasteiger partial charge in [-0.1, -0.05) is 0 Å². The minimum absolute atomic E-state index is 0.312. The van der Waals surface area contributed by atoms with Crippen molar-refractivity contribution >= 4 is 22.4 Å². The molecule has 0 spiro atoms. The largest absolute Gasteiger partial charge is 0.481 e. The summed E-state index contributed by atoms with van der Waals surface area (Å²) in [5, 5.41) is 5.01. The number of rotatable bonds is 2. The van der Waals surface area contributed by atoms with Crippen molar-refractivity contribution in [2.45, 2.75) is 0 Å². The SMILES string of the molecule is COc1ccc2c(N)nc(-c3c[nH]c4ncc(F)cc34)nn12. The van der Waals surface area contributed by atoms with Crippen LogP contribution in [0.15, 0.2) is 30.6 Å². The fraction of sp³-hybridized carbons (Fsp3) is 0.0714. The van der Waals surface area contributed by atoms with Crippen molar-refractivity contribution < 1.29 is 9.13 Å². The van der Waals surface area contributed by atoms with Gasteiger partial charge in [0.1, 0.15) is 17.0 Å². The number of pyridine rings is 1. The van der Waals surface area contributed by atoms with Crippen LogP contribution in [0.2, 0.25) is 0 Å². The van der Waals surface area contributed by atoms with E-state index in [-0.39, 0.29) is 0 Å². The van der Waals surface area contributed by atoms with Crippen LogP contribution >= 0.6 is 0 Å². The van der Waals surface area contributed by atoms with E-state index in [0.29, 0.717) is 39.6 Å². The van der Waals surface area contributed by atoms with Gasteiger partial charge in [0.15, 0.2) is 11.6 Å². The number of hydrogen-bond acceptors (Lipinski definition) is 5. The van der Waals surface area contributed by atoms with E-state index in [4.69, 9.17) is 10.5 Å². The van der Waals surface area contributed by atoms with Crippen LogP contribution in [0.4, 0.5) is 10.2 Å². The van der Waals surface area contributed by atoms with Gasteiger partial charge in [0.2, 0.25) is 5.88 Å². The van der Waals surface area contributed by atoms with Crippen LogP contribution < -0.4 is 10.5 Å². The molecule has 0 saturated heterocycles. The number of fused-ring (bicyclic) bond motifs is 2. The van der Waals surface area contributed by atoms with E-state index in [1.165, 1.54) is 6.07 Å². The number of H-pyrrole nitrogens is 1. The maximum Gasteiger partial charge on any atom is 0.214 e. The first kappa shape index (κ1) is 12.6. The Labute approximate surface area is 123 Å². The number of nitrogens with one attached hydrogen (secondary N) is 1. The number of nitrogens with two attached hydrogens (primary N) is 1. The number of nitrogen functional groups attached to an aromatic ring is 1. The van der Waals surface area contributed by atoms with E-state index >= 15 is 0 Å². The number of aromatic nitrogens is 5. The van der Waals surface area contributed by atoms with Gasteiger partial charge in [-0.25, -0.2) is 14.4 Å². The first-order valence-electron chi connectivity index (χ1n) is 6.49. The van der Waals surface area contributed by atoms with Gasteiger partial charge in [0.25, 0.3) is 0 Å². The maximum absolute atomic E-state index is 13.4. The van der Waals surface area contributed by atoms with Crippen molar-refractivity contribution in [2.24, 2.45) is 0 Å². The second kappa shape index (κ2) is 4.42. The highest BCUT2D eigenvalue weighted by Crippen LogP contribution is 2.28. The summed E-state index contributed by atoms with van der Waals surface area (Å²) in [4.78, 5) is 11.2. The minimum Gasteiger partial charge on any atom is -0.481 e. The molecule has 8 heteroatoms. The normalized spacial score (nSPS) is 11.4. The van der Waals surface area contributed by atoms with Crippen molar-refractivity contribution in [3.8, 4) is 17.3 Å². The Hall–Kier alpha value is -3.16. The Balaban J connectivity index is 2.01. The highest BCUT2D eigenvalue weighted by Gasteiger charge is 2.15. The zero-order chi connectivity index (χ0) is 15.3. The third-order valence-electron chi connectivity index (χ3n) is 3.45. The molecule has 0 saturated carbocycles. The zero-order valence-corrected chi connectivity index (χ0v) is 11.5. The molecule has 22 heavy (non-hydrogen) atoms. The number of halogens is 1. The second-order valence-electron chi connectivity index (χ2n) is 4.75. The van der Waals surface area contributed by atoms with Crippen LogP contribution in [-0.2, 0) is 0 Å². The van der Waals surface area contributed by atoms with Crippen LogP contribution in [-0.4, -0.2) is 31.7 Å². The smallest absolute Gasteiger partial charge is 0.214 e. The summed E-state index contributed by atoms with van der Waals surface area (Å²) < 4.78 is 20.2. The van der Waals surface area contributed by atoms with E-state index < -0.39 is 5.82 Å². The Morgan fingerprint density at radius 1 is 1.36 bits per heavy atom. The second-order valence-corrected chi connectivity index (χ2v) is 4.75. The summed E-state index contributed by atoms with van der Waals surface area (Å²) in [5.74, 6) is 0.778. The van der Waals surface area contributed by atoms with E-state index in [2.05, 4.69) is 20.1 Å². The van der Waals surface area contributed by atoms with Gasteiger partial charge in [-0.3, -0.25) is 0 Å². The molecule has 0 unspecified atom stereocenters. The van der Waals surface area contributed by atoms with Crippen LogP contribution in [0, 0.1) is 5.82 Å². The Kier molecular flexibility index (Phi) is 2.52. The van der Waals surface area contributed by atoms with Crippen LogP contribution in [0.3, 0.4) is 0 Å². The van der Waals surface area contributed by atoms with Gasteiger partial charge in [-0.15, -0.1) is 5.10 Å². The summed E-state index contributed by atoms with van der Waals surface area (Å²) in [6, 6.07) is 4.90. The summed E-state index contributed by atoms with van der Waals surface area (Å²) in [6.07, 6.45) is 2.82. The number of ether oxygens (including phenoxy) is 1. The number of methoxy groups -OCH3 is 1. The van der Waals surface area contributed by atoms with Gasteiger partial charge in [-0.05, 0) is 12.1 Å². The van der Waals surface area contributed by atoms with Gasteiger partial charge >= 0.3 is 0 Å². The molecule has 0 aliphatic heterocycles. The maximum atomic E-state index is 13.4. The first-order chi connectivity index (χ1) is 10.7. The standard InChI is InChI=1S/C14H11FN6O/c1-22-11-3-2-10-12(16)19-14(20-21(10)11)9-6-18-13-8(9)4-7(15)5-17-13/h2-6H,1H3,(H,17,18)(H2,16,19,20). The molecule has 0 fully saturated rings. The monoisotopic (exact) mass is 298 g/mol. The average Bonchev–Trinajstić information content (AvgIpc) is 3.10.